The van der Waals surface area contributed by atoms with Crippen LogP contribution in [0.1, 0.15) is 35.1 Å². The summed E-state index contributed by atoms with van der Waals surface area (Å²) in [6.45, 7) is 2.61. The van der Waals surface area contributed by atoms with Crippen LogP contribution in [0.3, 0.4) is 0 Å². The SMILES string of the molecule is CCCc1ncncc1C(=O)NCCc1cnc[nH]1. The Morgan fingerprint density at radius 2 is 2.21 bits per heavy atom. The summed E-state index contributed by atoms with van der Waals surface area (Å²) in [6, 6.07) is 0. The Morgan fingerprint density at radius 1 is 1.32 bits per heavy atom. The molecule has 0 unspecified atom stereocenters. The van der Waals surface area contributed by atoms with Gasteiger partial charge in [-0.3, -0.25) is 4.79 Å². The molecule has 2 N–H and O–H groups in total. The molecule has 0 aliphatic rings. The molecule has 6 nitrogen and oxygen atoms in total. The zero-order chi connectivity index (χ0) is 13.5. The van der Waals surface area contributed by atoms with Crippen molar-refractivity contribution in [3.63, 3.8) is 0 Å². The molecule has 100 valence electrons. The van der Waals surface area contributed by atoms with Crippen LogP contribution in [-0.4, -0.2) is 32.4 Å². The maximum atomic E-state index is 12.1. The van der Waals surface area contributed by atoms with Crippen molar-refractivity contribution in [1.29, 1.82) is 0 Å². The molecule has 0 aliphatic heterocycles. The highest BCUT2D eigenvalue weighted by Crippen LogP contribution is 2.06. The van der Waals surface area contributed by atoms with Crippen LogP contribution >= 0.6 is 0 Å². The molecule has 0 atom stereocenters. The highest BCUT2D eigenvalue weighted by Gasteiger charge is 2.11. The van der Waals surface area contributed by atoms with E-state index in [-0.39, 0.29) is 5.91 Å². The number of hydrogen-bond acceptors (Lipinski definition) is 4. The Balaban J connectivity index is 1.92. The summed E-state index contributed by atoms with van der Waals surface area (Å²) in [4.78, 5) is 27.1. The van der Waals surface area contributed by atoms with Gasteiger partial charge in [-0.1, -0.05) is 13.3 Å². The maximum absolute atomic E-state index is 12.1. The average Bonchev–Trinajstić information content (AvgIpc) is 2.93. The fraction of sp³-hybridized carbons (Fsp3) is 0.385. The van der Waals surface area contributed by atoms with Gasteiger partial charge in [0.2, 0.25) is 0 Å². The second kappa shape index (κ2) is 6.63. The van der Waals surface area contributed by atoms with Crippen LogP contribution in [0, 0.1) is 0 Å². The van der Waals surface area contributed by atoms with Gasteiger partial charge in [0.05, 0.1) is 17.6 Å². The topological polar surface area (TPSA) is 83.6 Å². The Morgan fingerprint density at radius 3 is 2.95 bits per heavy atom. The van der Waals surface area contributed by atoms with Crippen molar-refractivity contribution >= 4 is 5.91 Å². The first-order chi connectivity index (χ1) is 9.31. The van der Waals surface area contributed by atoms with Crippen molar-refractivity contribution in [1.82, 2.24) is 25.3 Å². The van der Waals surface area contributed by atoms with E-state index in [1.165, 1.54) is 6.33 Å². The lowest BCUT2D eigenvalue weighted by molar-refractivity contribution is 0.0952. The standard InChI is InChI=1S/C13H17N5O/c1-2-3-12-11(7-15-9-18-12)13(19)16-5-4-10-6-14-8-17-10/h6-9H,2-5H2,1H3,(H,14,17)(H,16,19). The van der Waals surface area contributed by atoms with Gasteiger partial charge in [-0.25, -0.2) is 15.0 Å². The molecule has 2 rings (SSSR count). The number of carbonyl (C=O) groups excluding carboxylic acids is 1. The van der Waals surface area contributed by atoms with Crippen LogP contribution < -0.4 is 5.32 Å². The summed E-state index contributed by atoms with van der Waals surface area (Å²) in [6.07, 6.45) is 8.89. The lowest BCUT2D eigenvalue weighted by Crippen LogP contribution is -2.27. The van der Waals surface area contributed by atoms with E-state index in [1.807, 2.05) is 0 Å². The number of aromatic amines is 1. The van der Waals surface area contributed by atoms with Crippen molar-refractivity contribution in [3.8, 4) is 0 Å². The predicted molar refractivity (Wildman–Crippen MR) is 70.7 cm³/mol. The molecule has 0 aromatic carbocycles. The minimum atomic E-state index is -0.122. The first-order valence-electron chi connectivity index (χ1n) is 6.35. The molecule has 0 spiro atoms. The van der Waals surface area contributed by atoms with E-state index in [0.29, 0.717) is 12.1 Å². The second-order valence-electron chi connectivity index (χ2n) is 4.22. The Bertz CT molecular complexity index is 524. The Kier molecular flexibility index (Phi) is 4.60. The van der Waals surface area contributed by atoms with Crippen molar-refractivity contribution in [2.75, 3.05) is 6.54 Å². The van der Waals surface area contributed by atoms with Gasteiger partial charge < -0.3 is 10.3 Å². The molecule has 0 fully saturated rings. The van der Waals surface area contributed by atoms with E-state index in [9.17, 15) is 4.79 Å². The predicted octanol–water partition coefficient (Wildman–Crippen LogP) is 1.12. The summed E-state index contributed by atoms with van der Waals surface area (Å²) in [5, 5.41) is 2.87. The molecule has 1 amide bonds. The van der Waals surface area contributed by atoms with Crippen molar-refractivity contribution in [2.45, 2.75) is 26.2 Å². The Labute approximate surface area is 111 Å². The second-order valence-corrected chi connectivity index (χ2v) is 4.22. The van der Waals surface area contributed by atoms with E-state index >= 15 is 0 Å². The number of aromatic nitrogens is 4. The van der Waals surface area contributed by atoms with Crippen molar-refractivity contribution in [3.05, 3.63) is 42.0 Å². The third-order valence-corrected chi connectivity index (χ3v) is 2.76. The summed E-state index contributed by atoms with van der Waals surface area (Å²) >= 11 is 0. The van der Waals surface area contributed by atoms with Crippen LogP contribution in [0.15, 0.2) is 25.0 Å². The third-order valence-electron chi connectivity index (χ3n) is 2.76. The van der Waals surface area contributed by atoms with E-state index in [4.69, 9.17) is 0 Å². The first-order valence-corrected chi connectivity index (χ1v) is 6.35. The van der Waals surface area contributed by atoms with E-state index in [2.05, 4.69) is 32.2 Å². The lowest BCUT2D eigenvalue weighted by Gasteiger charge is -2.07. The molecule has 0 aliphatic carbocycles. The minimum absolute atomic E-state index is 0.122. The van der Waals surface area contributed by atoms with Crippen LogP contribution in [-0.2, 0) is 12.8 Å². The van der Waals surface area contributed by atoms with Gasteiger partial charge in [0.25, 0.3) is 5.91 Å². The molecular weight excluding hydrogens is 242 g/mol. The van der Waals surface area contributed by atoms with Crippen LogP contribution in [0.5, 0.6) is 0 Å². The van der Waals surface area contributed by atoms with E-state index < -0.39 is 0 Å². The summed E-state index contributed by atoms with van der Waals surface area (Å²) < 4.78 is 0. The number of H-pyrrole nitrogens is 1. The van der Waals surface area contributed by atoms with Crippen molar-refractivity contribution < 1.29 is 4.79 Å². The third kappa shape index (κ3) is 3.61. The van der Waals surface area contributed by atoms with Gasteiger partial charge in [-0.2, -0.15) is 0 Å². The number of aryl methyl sites for hydroxylation is 1. The fourth-order valence-electron chi connectivity index (χ4n) is 1.81. The van der Waals surface area contributed by atoms with E-state index in [0.717, 1.165) is 30.7 Å². The molecule has 0 saturated carbocycles. The molecule has 0 bridgehead atoms. The highest BCUT2D eigenvalue weighted by molar-refractivity contribution is 5.94. The molecule has 19 heavy (non-hydrogen) atoms. The zero-order valence-corrected chi connectivity index (χ0v) is 10.9. The Hall–Kier alpha value is -2.24. The summed E-state index contributed by atoms with van der Waals surface area (Å²) in [5.41, 5.74) is 2.36. The molecule has 2 aromatic rings. The average molecular weight is 259 g/mol. The lowest BCUT2D eigenvalue weighted by atomic mass is 10.1. The minimum Gasteiger partial charge on any atom is -0.352 e. The highest BCUT2D eigenvalue weighted by atomic mass is 16.1. The first kappa shape index (κ1) is 13.2. The summed E-state index contributed by atoms with van der Waals surface area (Å²) in [5.74, 6) is -0.122. The van der Waals surface area contributed by atoms with Gasteiger partial charge in [-0.05, 0) is 6.42 Å². The molecule has 6 heteroatoms. The number of imidazole rings is 1. The number of nitrogens with one attached hydrogen (secondary N) is 2. The summed E-state index contributed by atoms with van der Waals surface area (Å²) in [7, 11) is 0. The van der Waals surface area contributed by atoms with Gasteiger partial charge in [0, 0.05) is 31.1 Å². The molecule has 0 saturated heterocycles. The van der Waals surface area contributed by atoms with Gasteiger partial charge in [0.15, 0.2) is 0 Å². The fourth-order valence-corrected chi connectivity index (χ4v) is 1.81. The largest absolute Gasteiger partial charge is 0.352 e. The molecule has 0 radical (unpaired) electrons. The van der Waals surface area contributed by atoms with Crippen LogP contribution in [0.2, 0.25) is 0 Å². The number of nitrogens with zero attached hydrogens (tertiary/aromatic N) is 3. The molecule has 2 heterocycles. The van der Waals surface area contributed by atoms with Gasteiger partial charge >= 0.3 is 0 Å². The number of carbonyl (C=O) groups is 1. The van der Waals surface area contributed by atoms with E-state index in [1.54, 1.807) is 18.7 Å². The normalized spacial score (nSPS) is 10.4. The number of amides is 1. The van der Waals surface area contributed by atoms with Crippen molar-refractivity contribution in [2.24, 2.45) is 0 Å². The maximum Gasteiger partial charge on any atom is 0.254 e. The van der Waals surface area contributed by atoms with Gasteiger partial charge in [-0.15, -0.1) is 0 Å². The smallest absolute Gasteiger partial charge is 0.254 e. The van der Waals surface area contributed by atoms with Crippen LogP contribution in [0.4, 0.5) is 0 Å². The number of rotatable bonds is 6. The van der Waals surface area contributed by atoms with Gasteiger partial charge in [0.1, 0.15) is 6.33 Å². The quantitative estimate of drug-likeness (QED) is 0.814. The monoisotopic (exact) mass is 259 g/mol. The van der Waals surface area contributed by atoms with Crippen LogP contribution in [0.25, 0.3) is 0 Å². The zero-order valence-electron chi connectivity index (χ0n) is 10.9. The number of hydrogen-bond donors (Lipinski definition) is 2. The molecule has 2 aromatic heterocycles. The molecular formula is C13H17N5O.